The summed E-state index contributed by atoms with van der Waals surface area (Å²) in [4.78, 5) is 0. The molecule has 1 heterocycles. The Balaban J connectivity index is 2.00. The molecule has 0 saturated carbocycles. The quantitative estimate of drug-likeness (QED) is 0.802. The number of hydrogen-bond donors (Lipinski definition) is 2. The van der Waals surface area contributed by atoms with Crippen LogP contribution in [0.25, 0.3) is 11.5 Å². The van der Waals surface area contributed by atoms with Crippen LogP contribution in [0, 0.1) is 0 Å². The molecule has 0 aliphatic carbocycles. The van der Waals surface area contributed by atoms with Crippen LogP contribution >= 0.6 is 11.6 Å². The SMILES string of the molecule is CC(C)NCCCc1nnc(-c2cc(O)ccc2Cl)o1. The van der Waals surface area contributed by atoms with Crippen molar-refractivity contribution in [1.82, 2.24) is 15.5 Å². The monoisotopic (exact) mass is 295 g/mol. The number of halogens is 1. The van der Waals surface area contributed by atoms with Gasteiger partial charge in [0.25, 0.3) is 0 Å². The maximum atomic E-state index is 9.47. The zero-order chi connectivity index (χ0) is 14.5. The average Bonchev–Trinajstić information content (AvgIpc) is 2.86. The second kappa shape index (κ2) is 6.72. The van der Waals surface area contributed by atoms with Crippen molar-refractivity contribution in [3.05, 3.63) is 29.1 Å². The Morgan fingerprint density at radius 1 is 1.35 bits per heavy atom. The van der Waals surface area contributed by atoms with Crippen LogP contribution in [0.3, 0.4) is 0 Å². The lowest BCUT2D eigenvalue weighted by Crippen LogP contribution is -2.23. The number of aromatic hydroxyl groups is 1. The fraction of sp³-hybridized carbons (Fsp3) is 0.429. The highest BCUT2D eigenvalue weighted by Crippen LogP contribution is 2.30. The summed E-state index contributed by atoms with van der Waals surface area (Å²) in [5.74, 6) is 1.02. The third-order valence-electron chi connectivity index (χ3n) is 2.77. The third kappa shape index (κ3) is 3.95. The van der Waals surface area contributed by atoms with Crippen molar-refractivity contribution >= 4 is 11.6 Å². The Labute approximate surface area is 123 Å². The number of phenols is 1. The first-order chi connectivity index (χ1) is 9.56. The van der Waals surface area contributed by atoms with Crippen LogP contribution in [-0.2, 0) is 6.42 Å². The van der Waals surface area contributed by atoms with Gasteiger partial charge in [-0.25, -0.2) is 0 Å². The number of aromatic nitrogens is 2. The largest absolute Gasteiger partial charge is 0.508 e. The van der Waals surface area contributed by atoms with Crippen molar-refractivity contribution in [3.8, 4) is 17.2 Å². The van der Waals surface area contributed by atoms with E-state index in [9.17, 15) is 5.11 Å². The zero-order valence-electron chi connectivity index (χ0n) is 11.6. The molecule has 1 aromatic heterocycles. The minimum Gasteiger partial charge on any atom is -0.508 e. The van der Waals surface area contributed by atoms with Gasteiger partial charge in [-0.1, -0.05) is 25.4 Å². The molecule has 0 aliphatic rings. The number of nitrogens with zero attached hydrogens (tertiary/aromatic N) is 2. The van der Waals surface area contributed by atoms with Gasteiger partial charge in [-0.2, -0.15) is 0 Å². The Morgan fingerprint density at radius 2 is 2.15 bits per heavy atom. The first-order valence-corrected chi connectivity index (χ1v) is 6.98. The van der Waals surface area contributed by atoms with Gasteiger partial charge in [0.05, 0.1) is 10.6 Å². The normalized spacial score (nSPS) is 11.2. The number of benzene rings is 1. The smallest absolute Gasteiger partial charge is 0.249 e. The van der Waals surface area contributed by atoms with Crippen LogP contribution in [0.15, 0.2) is 22.6 Å². The van der Waals surface area contributed by atoms with Crippen LogP contribution in [0.5, 0.6) is 5.75 Å². The molecule has 0 aliphatic heterocycles. The molecule has 0 unspecified atom stereocenters. The van der Waals surface area contributed by atoms with E-state index in [0.29, 0.717) is 34.8 Å². The summed E-state index contributed by atoms with van der Waals surface area (Å²) >= 11 is 6.05. The molecule has 2 aromatic rings. The number of aryl methyl sites for hydroxylation is 1. The fourth-order valence-corrected chi connectivity index (χ4v) is 1.97. The molecule has 0 saturated heterocycles. The maximum Gasteiger partial charge on any atom is 0.249 e. The Bertz CT molecular complexity index is 569. The van der Waals surface area contributed by atoms with Crippen LogP contribution in [0.2, 0.25) is 5.02 Å². The van der Waals surface area contributed by atoms with E-state index in [2.05, 4.69) is 29.4 Å². The molecule has 6 heteroatoms. The zero-order valence-corrected chi connectivity index (χ0v) is 12.3. The average molecular weight is 296 g/mol. The van der Waals surface area contributed by atoms with Crippen LogP contribution < -0.4 is 5.32 Å². The summed E-state index contributed by atoms with van der Waals surface area (Å²) in [5.41, 5.74) is 0.547. The summed E-state index contributed by atoms with van der Waals surface area (Å²) in [7, 11) is 0. The molecule has 2 rings (SSSR count). The Kier molecular flexibility index (Phi) is 4.98. The van der Waals surface area contributed by atoms with Crippen molar-refractivity contribution in [2.45, 2.75) is 32.7 Å². The van der Waals surface area contributed by atoms with Gasteiger partial charge in [-0.3, -0.25) is 0 Å². The molecular formula is C14H18ClN3O2. The molecule has 0 atom stereocenters. The minimum atomic E-state index is 0.116. The lowest BCUT2D eigenvalue weighted by atomic mass is 10.2. The van der Waals surface area contributed by atoms with Crippen LogP contribution in [-0.4, -0.2) is 27.9 Å². The van der Waals surface area contributed by atoms with Crippen molar-refractivity contribution < 1.29 is 9.52 Å². The second-order valence-electron chi connectivity index (χ2n) is 4.88. The Hall–Kier alpha value is -1.59. The van der Waals surface area contributed by atoms with Gasteiger partial charge in [0.1, 0.15) is 5.75 Å². The van der Waals surface area contributed by atoms with Gasteiger partial charge < -0.3 is 14.8 Å². The molecule has 108 valence electrons. The predicted molar refractivity (Wildman–Crippen MR) is 77.9 cm³/mol. The first-order valence-electron chi connectivity index (χ1n) is 6.61. The van der Waals surface area contributed by atoms with Gasteiger partial charge in [-0.15, -0.1) is 10.2 Å². The van der Waals surface area contributed by atoms with E-state index in [1.54, 1.807) is 6.07 Å². The highest BCUT2D eigenvalue weighted by molar-refractivity contribution is 6.33. The summed E-state index contributed by atoms with van der Waals surface area (Å²) in [6.07, 6.45) is 1.64. The molecule has 5 nitrogen and oxygen atoms in total. The molecule has 0 bridgehead atoms. The summed E-state index contributed by atoms with van der Waals surface area (Å²) < 4.78 is 5.57. The van der Waals surface area contributed by atoms with Crippen molar-refractivity contribution in [1.29, 1.82) is 0 Å². The van der Waals surface area contributed by atoms with Gasteiger partial charge in [-0.05, 0) is 31.2 Å². The predicted octanol–water partition coefficient (Wildman–Crippen LogP) is 3.03. The first kappa shape index (κ1) is 14.8. The van der Waals surface area contributed by atoms with Gasteiger partial charge in [0.15, 0.2) is 0 Å². The number of nitrogens with one attached hydrogen (secondary N) is 1. The van der Waals surface area contributed by atoms with E-state index in [-0.39, 0.29) is 5.75 Å². The molecular weight excluding hydrogens is 278 g/mol. The standard InChI is InChI=1S/C14H18ClN3O2/c1-9(2)16-7-3-4-13-17-18-14(20-13)11-8-10(19)5-6-12(11)15/h5-6,8-9,16,19H,3-4,7H2,1-2H3. The maximum absolute atomic E-state index is 9.47. The number of rotatable bonds is 6. The van der Waals surface area contributed by atoms with E-state index >= 15 is 0 Å². The molecule has 0 radical (unpaired) electrons. The lowest BCUT2D eigenvalue weighted by Gasteiger charge is -2.05. The number of hydrogen-bond acceptors (Lipinski definition) is 5. The second-order valence-corrected chi connectivity index (χ2v) is 5.28. The molecule has 1 aromatic carbocycles. The lowest BCUT2D eigenvalue weighted by molar-refractivity contribution is 0.472. The summed E-state index contributed by atoms with van der Waals surface area (Å²) in [5, 5.41) is 21.2. The van der Waals surface area contributed by atoms with Crippen LogP contribution in [0.4, 0.5) is 0 Å². The summed E-state index contributed by atoms with van der Waals surface area (Å²) in [6.45, 7) is 5.12. The van der Waals surface area contributed by atoms with Gasteiger partial charge in [0.2, 0.25) is 11.8 Å². The topological polar surface area (TPSA) is 71.2 Å². The molecule has 2 N–H and O–H groups in total. The van der Waals surface area contributed by atoms with Crippen molar-refractivity contribution in [2.24, 2.45) is 0 Å². The molecule has 0 amide bonds. The van der Waals surface area contributed by atoms with Crippen LogP contribution in [0.1, 0.15) is 26.2 Å². The van der Waals surface area contributed by atoms with E-state index < -0.39 is 0 Å². The van der Waals surface area contributed by atoms with Crippen molar-refractivity contribution in [3.63, 3.8) is 0 Å². The molecule has 20 heavy (non-hydrogen) atoms. The number of phenolic OH excluding ortho intramolecular Hbond substituents is 1. The third-order valence-corrected chi connectivity index (χ3v) is 3.10. The van der Waals surface area contributed by atoms with E-state index in [0.717, 1.165) is 13.0 Å². The molecule has 0 fully saturated rings. The minimum absolute atomic E-state index is 0.116. The molecule has 0 spiro atoms. The van der Waals surface area contributed by atoms with E-state index in [1.165, 1.54) is 12.1 Å². The fourth-order valence-electron chi connectivity index (χ4n) is 1.77. The van der Waals surface area contributed by atoms with E-state index in [1.807, 2.05) is 0 Å². The summed E-state index contributed by atoms with van der Waals surface area (Å²) in [6, 6.07) is 5.10. The van der Waals surface area contributed by atoms with E-state index in [4.69, 9.17) is 16.0 Å². The van der Waals surface area contributed by atoms with Gasteiger partial charge in [0, 0.05) is 12.5 Å². The highest BCUT2D eigenvalue weighted by atomic mass is 35.5. The highest BCUT2D eigenvalue weighted by Gasteiger charge is 2.12. The van der Waals surface area contributed by atoms with Gasteiger partial charge >= 0.3 is 0 Å². The Morgan fingerprint density at radius 3 is 2.90 bits per heavy atom. The van der Waals surface area contributed by atoms with Crippen molar-refractivity contribution in [2.75, 3.05) is 6.54 Å².